The summed E-state index contributed by atoms with van der Waals surface area (Å²) in [5.74, 6) is 1.51. The molecule has 0 bridgehead atoms. The summed E-state index contributed by atoms with van der Waals surface area (Å²) in [6, 6.07) is 4.31. The topological polar surface area (TPSA) is 38.5 Å². The first-order valence-electron chi connectivity index (χ1n) is 8.15. The molecule has 2 fully saturated rings. The highest BCUT2D eigenvalue weighted by molar-refractivity contribution is 5.57. The molecule has 2 aliphatic rings. The van der Waals surface area contributed by atoms with E-state index in [1.165, 1.54) is 36.8 Å². The number of rotatable bonds is 3. The number of likely N-dealkylation sites (tertiary alicyclic amines) is 1. The van der Waals surface area contributed by atoms with Gasteiger partial charge in [0.2, 0.25) is 0 Å². The largest absolute Gasteiger partial charge is 0.488 e. The van der Waals surface area contributed by atoms with Gasteiger partial charge in [0.25, 0.3) is 0 Å². The van der Waals surface area contributed by atoms with Crippen LogP contribution in [0.2, 0.25) is 0 Å². The van der Waals surface area contributed by atoms with Gasteiger partial charge in [-0.2, -0.15) is 0 Å². The van der Waals surface area contributed by atoms with Crippen molar-refractivity contribution in [2.24, 2.45) is 0 Å². The number of ether oxygens (including phenoxy) is 1. The lowest BCUT2D eigenvalue weighted by molar-refractivity contribution is 0.0940. The van der Waals surface area contributed by atoms with Crippen LogP contribution in [0.3, 0.4) is 0 Å². The van der Waals surface area contributed by atoms with Crippen molar-refractivity contribution in [1.82, 2.24) is 4.90 Å². The zero-order valence-corrected chi connectivity index (χ0v) is 13.8. The molecule has 1 unspecified atom stereocenters. The third-order valence-corrected chi connectivity index (χ3v) is 5.25. The molecule has 116 valence electrons. The Bertz CT molecular complexity index is 534. The SMILES string of the molecule is Cc1cc(N)c(OC2CC2)cc1C1CCN(C)C(C)(C)C1. The van der Waals surface area contributed by atoms with Crippen LogP contribution < -0.4 is 10.5 Å². The van der Waals surface area contributed by atoms with Crippen LogP contribution in [0.15, 0.2) is 12.1 Å². The molecular weight excluding hydrogens is 260 g/mol. The summed E-state index contributed by atoms with van der Waals surface area (Å²) in [6.07, 6.45) is 5.15. The van der Waals surface area contributed by atoms with Gasteiger partial charge in [-0.25, -0.2) is 0 Å². The number of aryl methyl sites for hydroxylation is 1. The molecule has 1 aliphatic carbocycles. The van der Waals surface area contributed by atoms with E-state index < -0.39 is 0 Å². The van der Waals surface area contributed by atoms with E-state index in [1.807, 2.05) is 0 Å². The third kappa shape index (κ3) is 3.03. The van der Waals surface area contributed by atoms with Crippen LogP contribution >= 0.6 is 0 Å². The summed E-state index contributed by atoms with van der Waals surface area (Å²) >= 11 is 0. The Kier molecular flexibility index (Phi) is 3.64. The average Bonchev–Trinajstić information content (AvgIpc) is 3.20. The maximum atomic E-state index is 6.14. The monoisotopic (exact) mass is 288 g/mol. The van der Waals surface area contributed by atoms with Crippen molar-refractivity contribution in [3.05, 3.63) is 23.3 Å². The van der Waals surface area contributed by atoms with Gasteiger partial charge in [0, 0.05) is 5.54 Å². The Hall–Kier alpha value is -1.22. The van der Waals surface area contributed by atoms with Crippen molar-refractivity contribution in [2.75, 3.05) is 19.3 Å². The molecule has 0 aromatic heterocycles. The van der Waals surface area contributed by atoms with E-state index in [0.29, 0.717) is 12.0 Å². The summed E-state index contributed by atoms with van der Waals surface area (Å²) in [4.78, 5) is 2.47. The first-order chi connectivity index (χ1) is 9.87. The molecule has 2 N–H and O–H groups in total. The van der Waals surface area contributed by atoms with Gasteiger partial charge in [0.15, 0.2) is 0 Å². The van der Waals surface area contributed by atoms with E-state index in [0.717, 1.165) is 18.0 Å². The van der Waals surface area contributed by atoms with Crippen LogP contribution in [0.5, 0.6) is 5.75 Å². The quantitative estimate of drug-likeness (QED) is 0.862. The highest BCUT2D eigenvalue weighted by atomic mass is 16.5. The number of nitrogen functional groups attached to an aromatic ring is 1. The summed E-state index contributed by atoms with van der Waals surface area (Å²) in [7, 11) is 2.23. The summed E-state index contributed by atoms with van der Waals surface area (Å²) in [6.45, 7) is 8.01. The lowest BCUT2D eigenvalue weighted by atomic mass is 9.78. The van der Waals surface area contributed by atoms with E-state index in [2.05, 4.69) is 44.9 Å². The third-order valence-electron chi connectivity index (χ3n) is 5.25. The van der Waals surface area contributed by atoms with Gasteiger partial charge in [-0.3, -0.25) is 0 Å². The summed E-state index contributed by atoms with van der Waals surface area (Å²) < 4.78 is 5.98. The average molecular weight is 288 g/mol. The summed E-state index contributed by atoms with van der Waals surface area (Å²) in [5.41, 5.74) is 9.92. The van der Waals surface area contributed by atoms with Gasteiger partial charge < -0.3 is 15.4 Å². The number of hydrogen-bond acceptors (Lipinski definition) is 3. The van der Waals surface area contributed by atoms with Crippen molar-refractivity contribution in [1.29, 1.82) is 0 Å². The molecule has 3 rings (SSSR count). The minimum Gasteiger partial charge on any atom is -0.488 e. The van der Waals surface area contributed by atoms with E-state index >= 15 is 0 Å². The molecule has 1 aromatic rings. The zero-order chi connectivity index (χ0) is 15.2. The van der Waals surface area contributed by atoms with Crippen LogP contribution in [0.1, 0.15) is 56.6 Å². The molecule has 3 nitrogen and oxygen atoms in total. The highest BCUT2D eigenvalue weighted by Crippen LogP contribution is 2.41. The van der Waals surface area contributed by atoms with E-state index in [-0.39, 0.29) is 5.54 Å². The number of piperidine rings is 1. The second kappa shape index (κ2) is 5.20. The minimum atomic E-state index is 0.258. The summed E-state index contributed by atoms with van der Waals surface area (Å²) in [5, 5.41) is 0. The van der Waals surface area contributed by atoms with E-state index in [9.17, 15) is 0 Å². The highest BCUT2D eigenvalue weighted by Gasteiger charge is 2.34. The van der Waals surface area contributed by atoms with Crippen molar-refractivity contribution >= 4 is 5.69 Å². The molecule has 0 radical (unpaired) electrons. The lowest BCUT2D eigenvalue weighted by Gasteiger charge is -2.44. The number of anilines is 1. The molecule has 1 saturated carbocycles. The second-order valence-corrected chi connectivity index (χ2v) is 7.49. The van der Waals surface area contributed by atoms with Gasteiger partial charge in [-0.05, 0) is 89.2 Å². The van der Waals surface area contributed by atoms with Crippen molar-refractivity contribution in [2.45, 2.75) is 64.0 Å². The number of hydrogen-bond donors (Lipinski definition) is 1. The second-order valence-electron chi connectivity index (χ2n) is 7.49. The van der Waals surface area contributed by atoms with Gasteiger partial charge in [-0.1, -0.05) is 0 Å². The van der Waals surface area contributed by atoms with Gasteiger partial charge in [0.05, 0.1) is 11.8 Å². The van der Waals surface area contributed by atoms with Gasteiger partial charge in [-0.15, -0.1) is 0 Å². The zero-order valence-electron chi connectivity index (χ0n) is 13.8. The number of nitrogens with zero attached hydrogens (tertiary/aromatic N) is 1. The fraction of sp³-hybridized carbons (Fsp3) is 0.667. The van der Waals surface area contributed by atoms with Gasteiger partial charge in [0.1, 0.15) is 5.75 Å². The Morgan fingerprint density at radius 3 is 2.57 bits per heavy atom. The maximum absolute atomic E-state index is 6.14. The van der Waals surface area contributed by atoms with Gasteiger partial charge >= 0.3 is 0 Å². The smallest absolute Gasteiger partial charge is 0.142 e. The fourth-order valence-electron chi connectivity index (χ4n) is 3.41. The molecule has 0 spiro atoms. The van der Waals surface area contributed by atoms with Crippen LogP contribution in [0.4, 0.5) is 5.69 Å². The molecule has 1 atom stereocenters. The Morgan fingerprint density at radius 1 is 1.24 bits per heavy atom. The Labute approximate surface area is 128 Å². The van der Waals surface area contributed by atoms with Crippen molar-refractivity contribution in [3.63, 3.8) is 0 Å². The molecule has 1 aromatic carbocycles. The Balaban J connectivity index is 1.86. The molecule has 0 amide bonds. The predicted octanol–water partition coefficient (Wildman–Crippen LogP) is 3.71. The Morgan fingerprint density at radius 2 is 1.95 bits per heavy atom. The molecule has 1 saturated heterocycles. The first-order valence-corrected chi connectivity index (χ1v) is 8.15. The predicted molar refractivity (Wildman–Crippen MR) is 87.9 cm³/mol. The fourth-order valence-corrected chi connectivity index (χ4v) is 3.41. The van der Waals surface area contributed by atoms with Crippen LogP contribution in [-0.2, 0) is 0 Å². The van der Waals surface area contributed by atoms with E-state index in [4.69, 9.17) is 10.5 Å². The molecular formula is C18H28N2O. The van der Waals surface area contributed by atoms with Crippen LogP contribution in [0, 0.1) is 6.92 Å². The first kappa shape index (κ1) is 14.7. The molecule has 1 aliphatic heterocycles. The number of benzene rings is 1. The van der Waals surface area contributed by atoms with E-state index in [1.54, 1.807) is 0 Å². The minimum absolute atomic E-state index is 0.258. The lowest BCUT2D eigenvalue weighted by Crippen LogP contribution is -2.46. The van der Waals surface area contributed by atoms with Crippen molar-refractivity contribution < 1.29 is 4.74 Å². The van der Waals surface area contributed by atoms with Crippen molar-refractivity contribution in [3.8, 4) is 5.75 Å². The molecule has 3 heteroatoms. The number of nitrogens with two attached hydrogens (primary N) is 1. The molecule has 21 heavy (non-hydrogen) atoms. The van der Waals surface area contributed by atoms with Crippen LogP contribution in [-0.4, -0.2) is 30.1 Å². The van der Waals surface area contributed by atoms with Crippen LogP contribution in [0.25, 0.3) is 0 Å². The normalized spacial score (nSPS) is 25.8. The maximum Gasteiger partial charge on any atom is 0.142 e. The molecule has 1 heterocycles. The standard InChI is InChI=1S/C18H28N2O/c1-12-9-16(19)17(21-14-5-6-14)10-15(12)13-7-8-20(4)18(2,3)11-13/h9-10,13-14H,5-8,11,19H2,1-4H3.